The van der Waals surface area contributed by atoms with Crippen LogP contribution in [0.4, 0.5) is 0 Å². The first kappa shape index (κ1) is 16.5. The Hall–Kier alpha value is -0.870. The van der Waals surface area contributed by atoms with Crippen molar-refractivity contribution in [2.45, 2.75) is 58.3 Å². The maximum Gasteiger partial charge on any atom is 0.217 e. The van der Waals surface area contributed by atoms with Crippen LogP contribution in [0.3, 0.4) is 0 Å². The Labute approximate surface area is 135 Å². The molecule has 116 valence electrons. The van der Waals surface area contributed by atoms with Gasteiger partial charge in [-0.05, 0) is 45.2 Å². The average molecular weight is 354 g/mol. The third-order valence-electron chi connectivity index (χ3n) is 4.27. The molecule has 1 aromatic rings. The van der Waals surface area contributed by atoms with Gasteiger partial charge in [0.15, 0.2) is 0 Å². The Morgan fingerprint density at radius 3 is 2.62 bits per heavy atom. The molecule has 1 aromatic carbocycles. The monoisotopic (exact) mass is 353 g/mol. The summed E-state index contributed by atoms with van der Waals surface area (Å²) in [6.07, 6.45) is 2.30. The first-order chi connectivity index (χ1) is 9.81. The van der Waals surface area contributed by atoms with Gasteiger partial charge in [-0.15, -0.1) is 0 Å². The van der Waals surface area contributed by atoms with Gasteiger partial charge < -0.3 is 10.1 Å². The molecule has 2 rings (SSSR count). The minimum Gasteiger partial charge on any atom is -0.370 e. The third-order valence-corrected chi connectivity index (χ3v) is 4.99. The van der Waals surface area contributed by atoms with Gasteiger partial charge in [-0.1, -0.05) is 34.1 Å². The zero-order valence-corrected chi connectivity index (χ0v) is 14.7. The van der Waals surface area contributed by atoms with Gasteiger partial charge in [-0.25, -0.2) is 0 Å². The van der Waals surface area contributed by atoms with E-state index in [1.807, 2.05) is 18.2 Å². The fourth-order valence-electron chi connectivity index (χ4n) is 3.26. The van der Waals surface area contributed by atoms with Crippen molar-refractivity contribution in [1.82, 2.24) is 5.32 Å². The standard InChI is InChI=1S/C17H24BrNO2/c1-11-9-10-14(17(3,4)19-12(2)20)16(21-11)13-7-5-6-8-15(13)18/h5-8,11,14,16H,9-10H2,1-4H3,(H,19,20)/t11-,14-,16+/m0/s1. The zero-order chi connectivity index (χ0) is 15.6. The van der Waals surface area contributed by atoms with Crippen LogP contribution >= 0.6 is 15.9 Å². The van der Waals surface area contributed by atoms with Crippen molar-refractivity contribution in [1.29, 1.82) is 0 Å². The fourth-order valence-corrected chi connectivity index (χ4v) is 3.77. The Morgan fingerprint density at radius 1 is 1.33 bits per heavy atom. The molecule has 1 fully saturated rings. The van der Waals surface area contributed by atoms with E-state index < -0.39 is 0 Å². The van der Waals surface area contributed by atoms with Crippen molar-refractivity contribution in [2.75, 3.05) is 0 Å². The highest BCUT2D eigenvalue weighted by atomic mass is 79.9. The molecule has 4 heteroatoms. The second kappa shape index (κ2) is 6.49. The zero-order valence-electron chi connectivity index (χ0n) is 13.2. The molecule has 0 aliphatic carbocycles. The normalized spacial score (nSPS) is 26.4. The molecule has 3 nitrogen and oxygen atoms in total. The van der Waals surface area contributed by atoms with Crippen LogP contribution in [-0.4, -0.2) is 17.6 Å². The second-order valence-electron chi connectivity index (χ2n) is 6.48. The fraction of sp³-hybridized carbons (Fsp3) is 0.588. The van der Waals surface area contributed by atoms with Crippen LogP contribution in [-0.2, 0) is 9.53 Å². The van der Waals surface area contributed by atoms with Gasteiger partial charge in [0.2, 0.25) is 5.91 Å². The summed E-state index contributed by atoms with van der Waals surface area (Å²) in [7, 11) is 0. The molecular formula is C17H24BrNO2. The summed E-state index contributed by atoms with van der Waals surface area (Å²) in [6, 6.07) is 8.18. The Morgan fingerprint density at radius 2 is 2.00 bits per heavy atom. The molecular weight excluding hydrogens is 330 g/mol. The number of benzene rings is 1. The number of ether oxygens (including phenoxy) is 1. The van der Waals surface area contributed by atoms with Gasteiger partial charge in [-0.3, -0.25) is 4.79 Å². The van der Waals surface area contributed by atoms with E-state index in [-0.39, 0.29) is 29.6 Å². The first-order valence-corrected chi connectivity index (χ1v) is 8.29. The molecule has 1 aliphatic rings. The summed E-state index contributed by atoms with van der Waals surface area (Å²) in [5.74, 6) is 0.251. The van der Waals surface area contributed by atoms with Gasteiger partial charge in [0, 0.05) is 22.9 Å². The summed E-state index contributed by atoms with van der Waals surface area (Å²) in [6.45, 7) is 7.86. The van der Waals surface area contributed by atoms with Crippen molar-refractivity contribution in [3.63, 3.8) is 0 Å². The van der Waals surface area contributed by atoms with Gasteiger partial charge in [0.25, 0.3) is 0 Å². The van der Waals surface area contributed by atoms with E-state index in [9.17, 15) is 4.79 Å². The molecule has 0 unspecified atom stereocenters. The molecule has 3 atom stereocenters. The number of hydrogen-bond donors (Lipinski definition) is 1. The maximum absolute atomic E-state index is 11.5. The van der Waals surface area contributed by atoms with Crippen LogP contribution in [0.5, 0.6) is 0 Å². The number of carbonyl (C=O) groups is 1. The predicted molar refractivity (Wildman–Crippen MR) is 88.0 cm³/mol. The lowest BCUT2D eigenvalue weighted by atomic mass is 9.75. The van der Waals surface area contributed by atoms with E-state index in [1.54, 1.807) is 6.92 Å². The quantitative estimate of drug-likeness (QED) is 0.883. The van der Waals surface area contributed by atoms with Gasteiger partial charge >= 0.3 is 0 Å². The molecule has 0 bridgehead atoms. The molecule has 1 aliphatic heterocycles. The Balaban J connectivity index is 2.34. The third kappa shape index (κ3) is 3.86. The van der Waals surface area contributed by atoms with Crippen molar-refractivity contribution in [3.8, 4) is 0 Å². The number of carbonyl (C=O) groups excluding carboxylic acids is 1. The van der Waals surface area contributed by atoms with E-state index in [4.69, 9.17) is 4.74 Å². The summed E-state index contributed by atoms with van der Waals surface area (Å²) in [4.78, 5) is 11.5. The van der Waals surface area contributed by atoms with E-state index in [0.29, 0.717) is 0 Å². The number of nitrogens with one attached hydrogen (secondary N) is 1. The molecule has 1 heterocycles. The lowest BCUT2D eigenvalue weighted by molar-refractivity contribution is -0.126. The van der Waals surface area contributed by atoms with E-state index in [1.165, 1.54) is 0 Å². The highest BCUT2D eigenvalue weighted by Crippen LogP contribution is 2.43. The van der Waals surface area contributed by atoms with Crippen LogP contribution in [0.25, 0.3) is 0 Å². The molecule has 1 saturated heterocycles. The molecule has 0 aromatic heterocycles. The molecule has 0 radical (unpaired) electrons. The molecule has 0 saturated carbocycles. The van der Waals surface area contributed by atoms with Gasteiger partial charge in [-0.2, -0.15) is 0 Å². The Kier molecular flexibility index (Phi) is 5.10. The van der Waals surface area contributed by atoms with E-state index in [2.05, 4.69) is 48.1 Å². The molecule has 0 spiro atoms. The summed E-state index contributed by atoms with van der Waals surface area (Å²) < 4.78 is 7.32. The van der Waals surface area contributed by atoms with Crippen LogP contribution in [0.1, 0.15) is 52.2 Å². The van der Waals surface area contributed by atoms with Gasteiger partial charge in [0.05, 0.1) is 12.2 Å². The largest absolute Gasteiger partial charge is 0.370 e. The number of halogens is 1. The highest BCUT2D eigenvalue weighted by molar-refractivity contribution is 9.10. The number of rotatable bonds is 3. The van der Waals surface area contributed by atoms with Gasteiger partial charge in [0.1, 0.15) is 0 Å². The molecule has 1 N–H and O–H groups in total. The van der Waals surface area contributed by atoms with Crippen molar-refractivity contribution in [2.24, 2.45) is 5.92 Å². The SMILES string of the molecule is CC(=O)NC(C)(C)[C@H]1CC[C@H](C)O[C@@H]1c1ccccc1Br. The maximum atomic E-state index is 11.5. The van der Waals surface area contributed by atoms with Crippen molar-refractivity contribution >= 4 is 21.8 Å². The van der Waals surface area contributed by atoms with E-state index in [0.717, 1.165) is 22.9 Å². The average Bonchev–Trinajstić information content (AvgIpc) is 2.37. The van der Waals surface area contributed by atoms with Crippen molar-refractivity contribution in [3.05, 3.63) is 34.3 Å². The minimum atomic E-state index is -0.300. The summed E-state index contributed by atoms with van der Waals surface area (Å²) in [5, 5.41) is 3.09. The van der Waals surface area contributed by atoms with E-state index >= 15 is 0 Å². The lowest BCUT2D eigenvalue weighted by Gasteiger charge is -2.44. The van der Waals surface area contributed by atoms with Crippen LogP contribution in [0, 0.1) is 5.92 Å². The van der Waals surface area contributed by atoms with Crippen LogP contribution in [0.15, 0.2) is 28.7 Å². The Bertz CT molecular complexity index is 515. The second-order valence-corrected chi connectivity index (χ2v) is 7.33. The molecule has 1 amide bonds. The number of amides is 1. The van der Waals surface area contributed by atoms with Crippen LogP contribution < -0.4 is 5.32 Å². The smallest absolute Gasteiger partial charge is 0.217 e. The topological polar surface area (TPSA) is 38.3 Å². The van der Waals surface area contributed by atoms with Crippen LogP contribution in [0.2, 0.25) is 0 Å². The first-order valence-electron chi connectivity index (χ1n) is 7.50. The van der Waals surface area contributed by atoms with Crippen molar-refractivity contribution < 1.29 is 9.53 Å². The number of hydrogen-bond acceptors (Lipinski definition) is 2. The minimum absolute atomic E-state index is 0.00417. The summed E-state index contributed by atoms with van der Waals surface area (Å²) >= 11 is 3.63. The lowest BCUT2D eigenvalue weighted by Crippen LogP contribution is -2.52. The highest BCUT2D eigenvalue weighted by Gasteiger charge is 2.41. The summed E-state index contributed by atoms with van der Waals surface area (Å²) in [5.41, 5.74) is 0.860. The predicted octanol–water partition coefficient (Wildman–Crippen LogP) is 4.22. The molecule has 21 heavy (non-hydrogen) atoms.